The molecule has 1 rings (SSSR count). The molecule has 116 valence electrons. The van der Waals surface area contributed by atoms with Gasteiger partial charge in [-0.2, -0.15) is 0 Å². The SMILES string of the molecule is CCOC(=O)C(CCc1ccc(Cl)cc1Br)C(=O)OCC. The topological polar surface area (TPSA) is 52.6 Å². The van der Waals surface area contributed by atoms with Crippen LogP contribution in [0.15, 0.2) is 22.7 Å². The molecule has 6 heteroatoms. The summed E-state index contributed by atoms with van der Waals surface area (Å²) in [7, 11) is 0. The van der Waals surface area contributed by atoms with Crippen LogP contribution in [0.25, 0.3) is 0 Å². The summed E-state index contributed by atoms with van der Waals surface area (Å²) >= 11 is 9.30. The number of benzene rings is 1. The average Bonchev–Trinajstić information content (AvgIpc) is 2.41. The molecule has 0 aliphatic carbocycles. The second-order valence-electron chi connectivity index (χ2n) is 4.33. The normalized spacial score (nSPS) is 10.5. The van der Waals surface area contributed by atoms with Crippen molar-refractivity contribution in [1.29, 1.82) is 0 Å². The van der Waals surface area contributed by atoms with Gasteiger partial charge >= 0.3 is 11.9 Å². The molecule has 21 heavy (non-hydrogen) atoms. The van der Waals surface area contributed by atoms with Crippen LogP contribution in [0.4, 0.5) is 0 Å². The molecule has 0 atom stereocenters. The van der Waals surface area contributed by atoms with E-state index in [9.17, 15) is 9.59 Å². The van der Waals surface area contributed by atoms with Gasteiger partial charge in [0.1, 0.15) is 0 Å². The predicted molar refractivity (Wildman–Crippen MR) is 84.2 cm³/mol. The van der Waals surface area contributed by atoms with E-state index in [-0.39, 0.29) is 13.2 Å². The first-order valence-electron chi connectivity index (χ1n) is 6.76. The van der Waals surface area contributed by atoms with Crippen LogP contribution in [0, 0.1) is 5.92 Å². The Labute approximate surface area is 137 Å². The minimum atomic E-state index is -0.896. The van der Waals surface area contributed by atoms with Gasteiger partial charge in [-0.25, -0.2) is 0 Å². The van der Waals surface area contributed by atoms with Crippen molar-refractivity contribution in [3.63, 3.8) is 0 Å². The number of rotatable bonds is 7. The van der Waals surface area contributed by atoms with Gasteiger partial charge in [0.15, 0.2) is 5.92 Å². The molecule has 0 unspecified atom stereocenters. The van der Waals surface area contributed by atoms with E-state index in [2.05, 4.69) is 15.9 Å². The molecular weight excluding hydrogens is 360 g/mol. The summed E-state index contributed by atoms with van der Waals surface area (Å²) in [5, 5.41) is 0.623. The zero-order chi connectivity index (χ0) is 15.8. The van der Waals surface area contributed by atoms with E-state index >= 15 is 0 Å². The summed E-state index contributed by atoms with van der Waals surface area (Å²) in [5.74, 6) is -1.98. The Morgan fingerprint density at radius 3 is 2.24 bits per heavy atom. The minimum Gasteiger partial charge on any atom is -0.465 e. The van der Waals surface area contributed by atoms with Crippen LogP contribution < -0.4 is 0 Å². The third-order valence-corrected chi connectivity index (χ3v) is 3.83. The van der Waals surface area contributed by atoms with Crippen molar-refractivity contribution in [3.8, 4) is 0 Å². The fraction of sp³-hybridized carbons (Fsp3) is 0.467. The van der Waals surface area contributed by atoms with E-state index in [4.69, 9.17) is 21.1 Å². The zero-order valence-corrected chi connectivity index (χ0v) is 14.4. The standard InChI is InChI=1S/C15H18BrClO4/c1-3-20-14(18)12(15(19)21-4-2)8-6-10-5-7-11(17)9-13(10)16/h5,7,9,12H,3-4,6,8H2,1-2H3. The maximum absolute atomic E-state index is 11.9. The largest absolute Gasteiger partial charge is 0.465 e. The Balaban J connectivity index is 2.76. The summed E-state index contributed by atoms with van der Waals surface area (Å²) in [4.78, 5) is 23.7. The molecule has 0 amide bonds. The van der Waals surface area contributed by atoms with Crippen molar-refractivity contribution in [2.45, 2.75) is 26.7 Å². The monoisotopic (exact) mass is 376 g/mol. The molecule has 0 bridgehead atoms. The van der Waals surface area contributed by atoms with Crippen molar-refractivity contribution in [2.24, 2.45) is 5.92 Å². The van der Waals surface area contributed by atoms with Crippen molar-refractivity contribution >= 4 is 39.5 Å². The highest BCUT2D eigenvalue weighted by molar-refractivity contribution is 9.10. The lowest BCUT2D eigenvalue weighted by molar-refractivity contribution is -0.161. The highest BCUT2D eigenvalue weighted by atomic mass is 79.9. The predicted octanol–water partition coefficient (Wildman–Crippen LogP) is 3.78. The van der Waals surface area contributed by atoms with Crippen LogP contribution in [-0.4, -0.2) is 25.2 Å². The van der Waals surface area contributed by atoms with Gasteiger partial charge < -0.3 is 9.47 Å². The van der Waals surface area contributed by atoms with Crippen LogP contribution in [-0.2, 0) is 25.5 Å². The summed E-state index contributed by atoms with van der Waals surface area (Å²) in [6.45, 7) is 3.88. The van der Waals surface area contributed by atoms with E-state index in [1.165, 1.54) is 0 Å². The highest BCUT2D eigenvalue weighted by Crippen LogP contribution is 2.24. The molecule has 0 aromatic heterocycles. The zero-order valence-electron chi connectivity index (χ0n) is 12.0. The molecule has 0 aliphatic heterocycles. The number of halogens is 2. The second kappa shape index (κ2) is 9.05. The fourth-order valence-electron chi connectivity index (χ4n) is 1.84. The quantitative estimate of drug-likeness (QED) is 0.536. The number of hydrogen-bond acceptors (Lipinski definition) is 4. The third kappa shape index (κ3) is 5.67. The maximum atomic E-state index is 11.9. The number of carbonyl (C=O) groups is 2. The Morgan fingerprint density at radius 2 is 1.76 bits per heavy atom. The van der Waals surface area contributed by atoms with Gasteiger partial charge in [-0.15, -0.1) is 0 Å². The van der Waals surface area contributed by atoms with Gasteiger partial charge in [0, 0.05) is 9.50 Å². The molecule has 0 spiro atoms. The fourth-order valence-corrected chi connectivity index (χ4v) is 2.72. The molecule has 0 aliphatic rings. The number of aryl methyl sites for hydroxylation is 1. The Morgan fingerprint density at radius 1 is 1.19 bits per heavy atom. The number of carbonyl (C=O) groups excluding carboxylic acids is 2. The average molecular weight is 378 g/mol. The van der Waals surface area contributed by atoms with E-state index in [1.807, 2.05) is 6.07 Å². The smallest absolute Gasteiger partial charge is 0.320 e. The Bertz CT molecular complexity index is 486. The van der Waals surface area contributed by atoms with Crippen LogP contribution >= 0.6 is 27.5 Å². The third-order valence-electron chi connectivity index (χ3n) is 2.86. The van der Waals surface area contributed by atoms with Gasteiger partial charge in [-0.3, -0.25) is 9.59 Å². The van der Waals surface area contributed by atoms with Gasteiger partial charge in [0.2, 0.25) is 0 Å². The maximum Gasteiger partial charge on any atom is 0.320 e. The van der Waals surface area contributed by atoms with E-state index in [1.54, 1.807) is 26.0 Å². The summed E-state index contributed by atoms with van der Waals surface area (Å²) < 4.78 is 10.7. The van der Waals surface area contributed by atoms with Gasteiger partial charge in [0.05, 0.1) is 13.2 Å². The number of hydrogen-bond donors (Lipinski definition) is 0. The summed E-state index contributed by atoms with van der Waals surface area (Å²) in [5.41, 5.74) is 0.970. The minimum absolute atomic E-state index is 0.235. The number of esters is 2. The first kappa shape index (κ1) is 18.0. The Hall–Kier alpha value is -1.07. The Kier molecular flexibility index (Phi) is 7.75. The van der Waals surface area contributed by atoms with Crippen LogP contribution in [0.2, 0.25) is 5.02 Å². The van der Waals surface area contributed by atoms with Crippen LogP contribution in [0.3, 0.4) is 0 Å². The highest BCUT2D eigenvalue weighted by Gasteiger charge is 2.29. The first-order valence-corrected chi connectivity index (χ1v) is 7.93. The molecule has 0 fully saturated rings. The lowest BCUT2D eigenvalue weighted by Gasteiger charge is -2.14. The number of ether oxygens (including phenoxy) is 2. The summed E-state index contributed by atoms with van der Waals surface area (Å²) in [6, 6.07) is 5.41. The molecule has 0 saturated heterocycles. The lowest BCUT2D eigenvalue weighted by Crippen LogP contribution is -2.28. The van der Waals surface area contributed by atoms with Crippen LogP contribution in [0.1, 0.15) is 25.8 Å². The van der Waals surface area contributed by atoms with Gasteiger partial charge in [-0.05, 0) is 44.4 Å². The molecule has 0 saturated carbocycles. The molecule has 0 heterocycles. The second-order valence-corrected chi connectivity index (χ2v) is 5.62. The molecule has 0 radical (unpaired) electrons. The van der Waals surface area contributed by atoms with E-state index in [0.717, 1.165) is 10.0 Å². The van der Waals surface area contributed by atoms with Gasteiger partial charge in [0.25, 0.3) is 0 Å². The lowest BCUT2D eigenvalue weighted by atomic mass is 9.99. The van der Waals surface area contributed by atoms with E-state index in [0.29, 0.717) is 17.9 Å². The summed E-state index contributed by atoms with van der Waals surface area (Å²) in [6.07, 6.45) is 0.873. The van der Waals surface area contributed by atoms with Crippen LogP contribution in [0.5, 0.6) is 0 Å². The molecule has 0 N–H and O–H groups in total. The van der Waals surface area contributed by atoms with Crippen molar-refractivity contribution in [3.05, 3.63) is 33.3 Å². The van der Waals surface area contributed by atoms with E-state index < -0.39 is 17.9 Å². The first-order chi connectivity index (χ1) is 9.99. The molecule has 1 aromatic carbocycles. The molecule has 4 nitrogen and oxygen atoms in total. The van der Waals surface area contributed by atoms with Crippen molar-refractivity contribution < 1.29 is 19.1 Å². The molecule has 1 aromatic rings. The van der Waals surface area contributed by atoms with Crippen molar-refractivity contribution in [2.75, 3.05) is 13.2 Å². The van der Waals surface area contributed by atoms with Crippen molar-refractivity contribution in [1.82, 2.24) is 0 Å². The van der Waals surface area contributed by atoms with Gasteiger partial charge in [-0.1, -0.05) is 33.6 Å². The molecular formula is C15H18BrClO4.